The molecule has 0 aliphatic heterocycles. The summed E-state index contributed by atoms with van der Waals surface area (Å²) >= 11 is 0. The molecule has 0 amide bonds. The predicted octanol–water partition coefficient (Wildman–Crippen LogP) is 2.32. The highest BCUT2D eigenvalue weighted by Crippen LogP contribution is 2.57. The van der Waals surface area contributed by atoms with Gasteiger partial charge in [-0.25, -0.2) is 4.79 Å². The Hall–Kier alpha value is -1.05. The minimum Gasteiger partial charge on any atom is -0.459 e. The molecule has 0 heterocycles. The van der Waals surface area contributed by atoms with Gasteiger partial charge in [-0.05, 0) is 42.9 Å². The van der Waals surface area contributed by atoms with Crippen molar-refractivity contribution in [1.82, 2.24) is 0 Å². The number of ether oxygens (including phenoxy) is 1. The molecule has 2 nitrogen and oxygen atoms in total. The third-order valence-corrected chi connectivity index (χ3v) is 4.38. The predicted molar refractivity (Wildman–Crippen MR) is 57.0 cm³/mol. The zero-order valence-electron chi connectivity index (χ0n) is 8.76. The molecule has 0 N–H and O–H groups in total. The molecule has 3 aliphatic rings. The Balaban J connectivity index is 1.71. The van der Waals surface area contributed by atoms with Gasteiger partial charge in [-0.2, -0.15) is 0 Å². The van der Waals surface area contributed by atoms with E-state index in [0.717, 1.165) is 24.2 Å². The van der Waals surface area contributed by atoms with Crippen LogP contribution in [0.3, 0.4) is 0 Å². The van der Waals surface area contributed by atoms with Gasteiger partial charge in [0.2, 0.25) is 0 Å². The van der Waals surface area contributed by atoms with Crippen molar-refractivity contribution in [2.45, 2.75) is 25.4 Å². The molecule has 2 saturated carbocycles. The minimum atomic E-state index is -0.255. The van der Waals surface area contributed by atoms with E-state index in [9.17, 15) is 4.79 Å². The van der Waals surface area contributed by atoms with E-state index in [1.54, 1.807) is 0 Å². The smallest absolute Gasteiger partial charge is 0.330 e. The lowest BCUT2D eigenvalue weighted by Gasteiger charge is -2.30. The first kappa shape index (κ1) is 9.20. The van der Waals surface area contributed by atoms with Crippen LogP contribution < -0.4 is 0 Å². The maximum Gasteiger partial charge on any atom is 0.330 e. The van der Waals surface area contributed by atoms with Gasteiger partial charge in [-0.15, -0.1) is 0 Å². The second-order valence-corrected chi connectivity index (χ2v) is 4.98. The Kier molecular flexibility index (Phi) is 1.98. The first-order valence-corrected chi connectivity index (χ1v) is 5.79. The van der Waals surface area contributed by atoms with Crippen LogP contribution >= 0.6 is 0 Å². The zero-order valence-corrected chi connectivity index (χ0v) is 8.76. The molecule has 0 radical (unpaired) electrons. The van der Waals surface area contributed by atoms with Gasteiger partial charge >= 0.3 is 5.97 Å². The second-order valence-electron chi connectivity index (χ2n) is 4.98. The number of fused-ring (bicyclic) bond motifs is 5. The molecular weight excluding hydrogens is 188 g/mol. The lowest BCUT2D eigenvalue weighted by atomic mass is 9.80. The summed E-state index contributed by atoms with van der Waals surface area (Å²) in [5.74, 6) is 2.66. The number of carbonyl (C=O) groups is 1. The summed E-state index contributed by atoms with van der Waals surface area (Å²) in [6, 6.07) is 0. The number of hydrogen-bond acceptors (Lipinski definition) is 2. The van der Waals surface area contributed by atoms with Crippen LogP contribution in [-0.2, 0) is 9.53 Å². The van der Waals surface area contributed by atoms with Crippen LogP contribution in [0.15, 0.2) is 24.8 Å². The van der Waals surface area contributed by atoms with Crippen LogP contribution in [0.2, 0.25) is 0 Å². The van der Waals surface area contributed by atoms with Crippen LogP contribution in [0.1, 0.15) is 19.3 Å². The maximum atomic E-state index is 11.2. The van der Waals surface area contributed by atoms with Crippen molar-refractivity contribution in [2.24, 2.45) is 23.7 Å². The normalized spacial score (nSPS) is 45.5. The van der Waals surface area contributed by atoms with Gasteiger partial charge < -0.3 is 4.74 Å². The van der Waals surface area contributed by atoms with Crippen molar-refractivity contribution in [3.63, 3.8) is 0 Å². The summed E-state index contributed by atoms with van der Waals surface area (Å²) in [7, 11) is 0. The standard InChI is InChI=1S/C13H16O2/c1-2-13(14)15-12-7-8-6-11(12)10-5-3-4-9(8)10/h2-4,8-12H,1,5-7H2/t8-,9+,10+,11-,12?/m1/s1. The number of hydrogen-bond donors (Lipinski definition) is 0. The molecule has 0 aromatic carbocycles. The van der Waals surface area contributed by atoms with Crippen LogP contribution in [0.5, 0.6) is 0 Å². The Labute approximate surface area is 90.0 Å². The molecular formula is C13H16O2. The highest BCUT2D eigenvalue weighted by Gasteiger charge is 2.53. The molecule has 80 valence electrons. The number of allylic oxidation sites excluding steroid dienone is 2. The van der Waals surface area contributed by atoms with Crippen LogP contribution in [-0.4, -0.2) is 12.1 Å². The fourth-order valence-corrected chi connectivity index (χ4v) is 3.83. The van der Waals surface area contributed by atoms with E-state index in [4.69, 9.17) is 4.74 Å². The second kappa shape index (κ2) is 3.22. The summed E-state index contributed by atoms with van der Waals surface area (Å²) in [5, 5.41) is 0. The molecule has 2 bridgehead atoms. The zero-order chi connectivity index (χ0) is 10.4. The summed E-state index contributed by atoms with van der Waals surface area (Å²) < 4.78 is 5.42. The third-order valence-electron chi connectivity index (χ3n) is 4.38. The molecule has 15 heavy (non-hydrogen) atoms. The van der Waals surface area contributed by atoms with Crippen molar-refractivity contribution < 1.29 is 9.53 Å². The maximum absolute atomic E-state index is 11.2. The molecule has 1 unspecified atom stereocenters. The Bertz CT molecular complexity index is 331. The molecule has 0 spiro atoms. The molecule has 3 rings (SSSR count). The van der Waals surface area contributed by atoms with Gasteiger partial charge in [0.1, 0.15) is 6.10 Å². The van der Waals surface area contributed by atoms with E-state index in [2.05, 4.69) is 18.7 Å². The average molecular weight is 204 g/mol. The Morgan fingerprint density at radius 3 is 3.07 bits per heavy atom. The average Bonchev–Trinajstić information content (AvgIpc) is 2.87. The minimum absolute atomic E-state index is 0.168. The van der Waals surface area contributed by atoms with Crippen molar-refractivity contribution in [3.05, 3.63) is 24.8 Å². The summed E-state index contributed by atoms with van der Waals surface area (Å²) in [6.45, 7) is 3.44. The lowest BCUT2D eigenvalue weighted by Crippen LogP contribution is -2.31. The Morgan fingerprint density at radius 2 is 2.27 bits per heavy atom. The number of carbonyl (C=O) groups excluding carboxylic acids is 1. The summed E-state index contributed by atoms with van der Waals surface area (Å²) in [4.78, 5) is 11.2. The van der Waals surface area contributed by atoms with E-state index >= 15 is 0 Å². The van der Waals surface area contributed by atoms with Crippen LogP contribution in [0.25, 0.3) is 0 Å². The van der Waals surface area contributed by atoms with Gasteiger partial charge in [-0.1, -0.05) is 18.7 Å². The van der Waals surface area contributed by atoms with E-state index < -0.39 is 0 Å². The SMILES string of the molecule is C=CC(=O)OC1C[C@H]2C[C@@H]1[C@H]1CC=C[C@@H]21. The first-order chi connectivity index (χ1) is 7.29. The fraction of sp³-hybridized carbons (Fsp3) is 0.615. The Morgan fingerprint density at radius 1 is 1.40 bits per heavy atom. The molecule has 0 saturated heterocycles. The van der Waals surface area contributed by atoms with E-state index in [-0.39, 0.29) is 12.1 Å². The fourth-order valence-electron chi connectivity index (χ4n) is 3.83. The van der Waals surface area contributed by atoms with Crippen molar-refractivity contribution in [2.75, 3.05) is 0 Å². The van der Waals surface area contributed by atoms with E-state index in [1.807, 2.05) is 0 Å². The van der Waals surface area contributed by atoms with Gasteiger partial charge in [0.15, 0.2) is 0 Å². The molecule has 2 heteroatoms. The molecule has 0 aromatic heterocycles. The molecule has 5 atom stereocenters. The van der Waals surface area contributed by atoms with E-state index in [0.29, 0.717) is 5.92 Å². The van der Waals surface area contributed by atoms with Crippen LogP contribution in [0, 0.1) is 23.7 Å². The first-order valence-electron chi connectivity index (χ1n) is 5.79. The lowest BCUT2D eigenvalue weighted by molar-refractivity contribution is -0.146. The summed E-state index contributed by atoms with van der Waals surface area (Å²) in [5.41, 5.74) is 0. The number of esters is 1. The van der Waals surface area contributed by atoms with Gasteiger partial charge in [0, 0.05) is 6.08 Å². The van der Waals surface area contributed by atoms with Crippen molar-refractivity contribution >= 4 is 5.97 Å². The highest BCUT2D eigenvalue weighted by atomic mass is 16.5. The van der Waals surface area contributed by atoms with Gasteiger partial charge in [0.05, 0.1) is 0 Å². The van der Waals surface area contributed by atoms with Crippen molar-refractivity contribution in [3.8, 4) is 0 Å². The van der Waals surface area contributed by atoms with Gasteiger partial charge in [0.25, 0.3) is 0 Å². The quantitative estimate of drug-likeness (QED) is 0.392. The van der Waals surface area contributed by atoms with Crippen molar-refractivity contribution in [1.29, 1.82) is 0 Å². The van der Waals surface area contributed by atoms with E-state index in [1.165, 1.54) is 18.9 Å². The number of rotatable bonds is 2. The van der Waals surface area contributed by atoms with Crippen LogP contribution in [0.4, 0.5) is 0 Å². The monoisotopic (exact) mass is 204 g/mol. The summed E-state index contributed by atoms with van der Waals surface area (Å²) in [6.07, 6.45) is 9.63. The molecule has 3 aliphatic carbocycles. The molecule has 2 fully saturated rings. The topological polar surface area (TPSA) is 26.3 Å². The third kappa shape index (κ3) is 1.27. The largest absolute Gasteiger partial charge is 0.459 e. The molecule has 0 aromatic rings. The highest BCUT2D eigenvalue weighted by molar-refractivity contribution is 5.81. The van der Waals surface area contributed by atoms with Gasteiger partial charge in [-0.3, -0.25) is 0 Å².